The van der Waals surface area contributed by atoms with Crippen LogP contribution in [0.4, 0.5) is 13.2 Å². The molecule has 1 saturated heterocycles. The van der Waals surface area contributed by atoms with E-state index in [1.807, 2.05) is 13.0 Å². The van der Waals surface area contributed by atoms with Gasteiger partial charge in [-0.1, -0.05) is 0 Å². The van der Waals surface area contributed by atoms with Crippen molar-refractivity contribution in [3.05, 3.63) is 23.8 Å². The molecule has 1 aromatic heterocycles. The number of nitrogens with zero attached hydrogens (tertiary/aromatic N) is 3. The number of piperidine rings is 1. The van der Waals surface area contributed by atoms with E-state index in [1.54, 1.807) is 6.20 Å². The van der Waals surface area contributed by atoms with Crippen molar-refractivity contribution in [2.24, 2.45) is 0 Å². The number of aryl methyl sites for hydroxylation is 1. The van der Waals surface area contributed by atoms with Gasteiger partial charge in [-0.25, -0.2) is 9.97 Å². The average molecular weight is 288 g/mol. The molecule has 0 unspecified atom stereocenters. The highest BCUT2D eigenvalue weighted by Crippen LogP contribution is 2.19. The Balaban J connectivity index is 1.72. The van der Waals surface area contributed by atoms with Crippen LogP contribution in [-0.4, -0.2) is 46.7 Å². The first-order valence-corrected chi connectivity index (χ1v) is 6.73. The van der Waals surface area contributed by atoms with Crippen molar-refractivity contribution in [2.75, 3.05) is 19.6 Å². The van der Waals surface area contributed by atoms with E-state index in [0.717, 1.165) is 24.4 Å². The minimum Gasteiger partial charge on any atom is -0.308 e. The maximum absolute atomic E-state index is 12.3. The molecule has 0 saturated carbocycles. The Bertz CT molecular complexity index is 428. The van der Waals surface area contributed by atoms with Gasteiger partial charge < -0.3 is 5.32 Å². The van der Waals surface area contributed by atoms with E-state index >= 15 is 0 Å². The molecule has 1 aromatic rings. The van der Waals surface area contributed by atoms with E-state index < -0.39 is 12.7 Å². The van der Waals surface area contributed by atoms with Crippen LogP contribution in [0.3, 0.4) is 0 Å². The fraction of sp³-hybridized carbons (Fsp3) is 0.692. The molecule has 0 aromatic carbocycles. The van der Waals surface area contributed by atoms with Gasteiger partial charge in [0.15, 0.2) is 0 Å². The van der Waals surface area contributed by atoms with Crippen molar-refractivity contribution >= 4 is 0 Å². The summed E-state index contributed by atoms with van der Waals surface area (Å²) in [5.41, 5.74) is 0.912. The molecule has 2 heterocycles. The van der Waals surface area contributed by atoms with E-state index in [2.05, 4.69) is 15.3 Å². The van der Waals surface area contributed by atoms with Crippen LogP contribution >= 0.6 is 0 Å². The highest BCUT2D eigenvalue weighted by Gasteiger charge is 2.32. The smallest absolute Gasteiger partial charge is 0.308 e. The molecule has 7 heteroatoms. The number of alkyl halides is 3. The van der Waals surface area contributed by atoms with Crippen molar-refractivity contribution in [1.82, 2.24) is 20.2 Å². The van der Waals surface area contributed by atoms with Crippen LogP contribution in [-0.2, 0) is 6.54 Å². The summed E-state index contributed by atoms with van der Waals surface area (Å²) >= 11 is 0. The molecule has 112 valence electrons. The molecular weight excluding hydrogens is 269 g/mol. The average Bonchev–Trinajstić information content (AvgIpc) is 2.36. The van der Waals surface area contributed by atoms with Crippen LogP contribution in [0.25, 0.3) is 0 Å². The second kappa shape index (κ2) is 6.49. The largest absolute Gasteiger partial charge is 0.401 e. The quantitative estimate of drug-likeness (QED) is 0.919. The van der Waals surface area contributed by atoms with Crippen molar-refractivity contribution in [3.8, 4) is 0 Å². The number of hydrogen-bond acceptors (Lipinski definition) is 4. The number of hydrogen-bond donors (Lipinski definition) is 1. The van der Waals surface area contributed by atoms with Crippen LogP contribution in [0.2, 0.25) is 0 Å². The lowest BCUT2D eigenvalue weighted by atomic mass is 10.0. The Labute approximate surface area is 116 Å². The molecule has 1 N–H and O–H groups in total. The fourth-order valence-corrected chi connectivity index (χ4v) is 2.40. The predicted octanol–water partition coefficient (Wildman–Crippen LogP) is 1.90. The summed E-state index contributed by atoms with van der Waals surface area (Å²) in [6.07, 6.45) is -0.912. The molecule has 1 fully saturated rings. The minimum absolute atomic E-state index is 0.259. The van der Waals surface area contributed by atoms with Crippen LogP contribution in [0.15, 0.2) is 12.3 Å². The summed E-state index contributed by atoms with van der Waals surface area (Å²) in [5, 5.41) is 3.35. The van der Waals surface area contributed by atoms with Crippen molar-refractivity contribution in [2.45, 2.75) is 38.5 Å². The van der Waals surface area contributed by atoms with Gasteiger partial charge in [-0.05, 0) is 38.9 Å². The van der Waals surface area contributed by atoms with Crippen molar-refractivity contribution < 1.29 is 13.2 Å². The first-order chi connectivity index (χ1) is 9.42. The molecule has 2 rings (SSSR count). The fourth-order valence-electron chi connectivity index (χ4n) is 2.40. The number of aromatic nitrogens is 2. The number of nitrogens with one attached hydrogen (secondary N) is 1. The second-order valence-corrected chi connectivity index (χ2v) is 5.14. The predicted molar refractivity (Wildman–Crippen MR) is 69.1 cm³/mol. The Kier molecular flexibility index (Phi) is 4.93. The maximum atomic E-state index is 12.3. The summed E-state index contributed by atoms with van der Waals surface area (Å²) in [4.78, 5) is 9.78. The molecule has 4 nitrogen and oxygen atoms in total. The third-order valence-corrected chi connectivity index (χ3v) is 3.40. The van der Waals surface area contributed by atoms with Gasteiger partial charge in [-0.3, -0.25) is 4.90 Å². The van der Waals surface area contributed by atoms with Gasteiger partial charge in [0, 0.05) is 18.8 Å². The topological polar surface area (TPSA) is 41.1 Å². The van der Waals surface area contributed by atoms with E-state index in [4.69, 9.17) is 0 Å². The summed E-state index contributed by atoms with van der Waals surface area (Å²) < 4.78 is 36.8. The lowest BCUT2D eigenvalue weighted by Gasteiger charge is -2.32. The van der Waals surface area contributed by atoms with Gasteiger partial charge in [0.2, 0.25) is 0 Å². The molecule has 0 amide bonds. The van der Waals surface area contributed by atoms with Gasteiger partial charge in [-0.15, -0.1) is 0 Å². The number of halogens is 3. The van der Waals surface area contributed by atoms with Crippen molar-refractivity contribution in [1.29, 1.82) is 0 Å². The van der Waals surface area contributed by atoms with Crippen molar-refractivity contribution in [3.63, 3.8) is 0 Å². The lowest BCUT2D eigenvalue weighted by Crippen LogP contribution is -2.45. The van der Waals surface area contributed by atoms with Crippen LogP contribution in [0.5, 0.6) is 0 Å². The van der Waals surface area contributed by atoms with E-state index in [-0.39, 0.29) is 6.04 Å². The Morgan fingerprint density at radius 3 is 2.65 bits per heavy atom. The Morgan fingerprint density at radius 1 is 1.35 bits per heavy atom. The third-order valence-electron chi connectivity index (χ3n) is 3.40. The molecule has 20 heavy (non-hydrogen) atoms. The highest BCUT2D eigenvalue weighted by atomic mass is 19.4. The van der Waals surface area contributed by atoms with E-state index in [0.29, 0.717) is 19.6 Å². The van der Waals surface area contributed by atoms with Crippen LogP contribution in [0, 0.1) is 6.92 Å². The van der Waals surface area contributed by atoms with E-state index in [1.165, 1.54) is 4.90 Å². The molecule has 1 aliphatic rings. The standard InChI is InChI=1S/C13H19F3N4/c1-10-17-5-2-12(19-10)8-18-11-3-6-20(7-4-11)9-13(14,15)16/h2,5,11,18H,3-4,6-9H2,1H3. The molecule has 0 atom stereocenters. The van der Waals surface area contributed by atoms with Gasteiger partial charge in [-0.2, -0.15) is 13.2 Å². The SMILES string of the molecule is Cc1nccc(CNC2CCN(CC(F)(F)F)CC2)n1. The molecule has 1 aliphatic heterocycles. The summed E-state index contributed by atoms with van der Waals surface area (Å²) in [6, 6.07) is 2.11. The van der Waals surface area contributed by atoms with Gasteiger partial charge in [0.25, 0.3) is 0 Å². The Hall–Kier alpha value is -1.21. The second-order valence-electron chi connectivity index (χ2n) is 5.14. The minimum atomic E-state index is -4.10. The maximum Gasteiger partial charge on any atom is 0.401 e. The zero-order chi connectivity index (χ0) is 14.6. The zero-order valence-electron chi connectivity index (χ0n) is 11.5. The normalized spacial score (nSPS) is 18.4. The summed E-state index contributed by atoms with van der Waals surface area (Å²) in [6.45, 7) is 2.64. The molecular formula is C13H19F3N4. The number of rotatable bonds is 4. The molecule has 0 aliphatic carbocycles. The molecule has 0 bridgehead atoms. The zero-order valence-corrected chi connectivity index (χ0v) is 11.5. The first-order valence-electron chi connectivity index (χ1n) is 6.73. The summed E-state index contributed by atoms with van der Waals surface area (Å²) in [7, 11) is 0. The third kappa shape index (κ3) is 5.05. The summed E-state index contributed by atoms with van der Waals surface area (Å²) in [5.74, 6) is 0.726. The number of likely N-dealkylation sites (tertiary alicyclic amines) is 1. The molecule has 0 radical (unpaired) electrons. The molecule has 0 spiro atoms. The van der Waals surface area contributed by atoms with Gasteiger partial charge in [0.05, 0.1) is 12.2 Å². The van der Waals surface area contributed by atoms with E-state index in [9.17, 15) is 13.2 Å². The lowest BCUT2D eigenvalue weighted by molar-refractivity contribution is -0.148. The monoisotopic (exact) mass is 288 g/mol. The van der Waals surface area contributed by atoms with Crippen LogP contribution < -0.4 is 5.32 Å². The Morgan fingerprint density at radius 2 is 2.05 bits per heavy atom. The van der Waals surface area contributed by atoms with Crippen LogP contribution in [0.1, 0.15) is 24.4 Å². The van der Waals surface area contributed by atoms with Gasteiger partial charge >= 0.3 is 6.18 Å². The van der Waals surface area contributed by atoms with Gasteiger partial charge in [0.1, 0.15) is 5.82 Å². The first kappa shape index (κ1) is 15.2. The highest BCUT2D eigenvalue weighted by molar-refractivity contribution is 5.01.